The van der Waals surface area contributed by atoms with Crippen LogP contribution in [0.4, 0.5) is 5.69 Å². The second-order valence-corrected chi connectivity index (χ2v) is 7.71. The van der Waals surface area contributed by atoms with Crippen LogP contribution in [0, 0.1) is 11.8 Å². The van der Waals surface area contributed by atoms with Crippen LogP contribution in [0.15, 0.2) is 23.1 Å². The van der Waals surface area contributed by atoms with Crippen molar-refractivity contribution in [3.8, 4) is 5.75 Å². The second-order valence-electron chi connectivity index (χ2n) is 5.85. The first-order valence-electron chi connectivity index (χ1n) is 7.45. The molecule has 1 fully saturated rings. The molecule has 1 aliphatic heterocycles. The highest BCUT2D eigenvalue weighted by Gasteiger charge is 2.36. The standard InChI is InChI=1S/C15H22N2O5S/c1-9(2)14-11(6-7-22-14)15(19)17-10-4-5-12(18)13(8-10)23(20,21)16-3/h4-5,8-9,11,14,16,18H,6-7H2,1-3H3,(H,17,19)/t11-,14-/m1/s1. The number of hydrogen-bond donors (Lipinski definition) is 3. The third-order valence-electron chi connectivity index (χ3n) is 3.92. The van der Waals surface area contributed by atoms with Gasteiger partial charge in [0.05, 0.1) is 12.0 Å². The smallest absolute Gasteiger partial charge is 0.244 e. The van der Waals surface area contributed by atoms with Crippen molar-refractivity contribution in [2.45, 2.75) is 31.3 Å². The molecule has 1 saturated heterocycles. The van der Waals surface area contributed by atoms with Gasteiger partial charge >= 0.3 is 0 Å². The Kier molecular flexibility index (Phi) is 5.28. The van der Waals surface area contributed by atoms with Gasteiger partial charge in [-0.05, 0) is 37.6 Å². The minimum absolute atomic E-state index is 0.146. The first-order valence-corrected chi connectivity index (χ1v) is 8.93. The number of phenols is 1. The largest absolute Gasteiger partial charge is 0.507 e. The van der Waals surface area contributed by atoms with Crippen LogP contribution in [0.1, 0.15) is 20.3 Å². The molecule has 0 aromatic heterocycles. The number of hydrogen-bond acceptors (Lipinski definition) is 5. The molecule has 1 aromatic carbocycles. The highest BCUT2D eigenvalue weighted by Crippen LogP contribution is 2.30. The Bertz CT molecular complexity index is 687. The van der Waals surface area contributed by atoms with Crippen LogP contribution in [0.5, 0.6) is 5.75 Å². The second kappa shape index (κ2) is 6.86. The molecule has 0 spiro atoms. The monoisotopic (exact) mass is 342 g/mol. The maximum atomic E-state index is 12.4. The number of anilines is 1. The summed E-state index contributed by atoms with van der Waals surface area (Å²) < 4.78 is 31.4. The summed E-state index contributed by atoms with van der Waals surface area (Å²) in [6, 6.07) is 3.94. The predicted molar refractivity (Wildman–Crippen MR) is 85.7 cm³/mol. The third kappa shape index (κ3) is 3.82. The van der Waals surface area contributed by atoms with Gasteiger partial charge in [-0.1, -0.05) is 13.8 Å². The summed E-state index contributed by atoms with van der Waals surface area (Å²) in [4.78, 5) is 12.1. The number of benzene rings is 1. The molecule has 1 aromatic rings. The summed E-state index contributed by atoms with van der Waals surface area (Å²) in [6.45, 7) is 4.53. The predicted octanol–water partition coefficient (Wildman–Crippen LogP) is 1.30. The fourth-order valence-corrected chi connectivity index (χ4v) is 3.55. The number of rotatable bonds is 5. The van der Waals surface area contributed by atoms with Crippen molar-refractivity contribution in [2.24, 2.45) is 11.8 Å². The van der Waals surface area contributed by atoms with Crippen molar-refractivity contribution in [1.29, 1.82) is 0 Å². The van der Waals surface area contributed by atoms with Gasteiger partial charge in [0.25, 0.3) is 0 Å². The zero-order valence-corrected chi connectivity index (χ0v) is 14.2. The fourth-order valence-electron chi connectivity index (χ4n) is 2.70. The van der Waals surface area contributed by atoms with Crippen LogP contribution in [-0.4, -0.2) is 39.2 Å². The third-order valence-corrected chi connectivity index (χ3v) is 5.36. The van der Waals surface area contributed by atoms with E-state index in [1.807, 2.05) is 13.8 Å². The van der Waals surface area contributed by atoms with E-state index in [9.17, 15) is 18.3 Å². The van der Waals surface area contributed by atoms with Crippen LogP contribution >= 0.6 is 0 Å². The summed E-state index contributed by atoms with van der Waals surface area (Å²) in [7, 11) is -2.55. The lowest BCUT2D eigenvalue weighted by molar-refractivity contribution is -0.122. The lowest BCUT2D eigenvalue weighted by atomic mass is 9.92. The van der Waals surface area contributed by atoms with E-state index < -0.39 is 10.0 Å². The Hall–Kier alpha value is -1.64. The van der Waals surface area contributed by atoms with Crippen LogP contribution in [0.2, 0.25) is 0 Å². The first kappa shape index (κ1) is 17.7. The molecule has 3 N–H and O–H groups in total. The van der Waals surface area contributed by atoms with Gasteiger partial charge in [-0.25, -0.2) is 13.1 Å². The Morgan fingerprint density at radius 1 is 1.39 bits per heavy atom. The Labute approximate surface area is 136 Å². The molecule has 128 valence electrons. The Balaban J connectivity index is 2.21. The van der Waals surface area contributed by atoms with Gasteiger partial charge in [0.2, 0.25) is 15.9 Å². The van der Waals surface area contributed by atoms with Crippen molar-refractivity contribution < 1.29 is 23.1 Å². The molecule has 0 saturated carbocycles. The number of carbonyl (C=O) groups is 1. The topological polar surface area (TPSA) is 105 Å². The van der Waals surface area contributed by atoms with Crippen LogP contribution in [-0.2, 0) is 19.6 Å². The van der Waals surface area contributed by atoms with Crippen molar-refractivity contribution >= 4 is 21.6 Å². The lowest BCUT2D eigenvalue weighted by Gasteiger charge is -2.21. The molecule has 1 heterocycles. The number of phenolic OH excluding ortho intramolecular Hbond substituents is 1. The molecular weight excluding hydrogens is 320 g/mol. The number of aromatic hydroxyl groups is 1. The summed E-state index contributed by atoms with van der Waals surface area (Å²) in [5, 5.41) is 12.4. The summed E-state index contributed by atoms with van der Waals surface area (Å²) in [5.74, 6) is -0.636. The highest BCUT2D eigenvalue weighted by molar-refractivity contribution is 7.89. The van der Waals surface area contributed by atoms with Gasteiger partial charge in [0, 0.05) is 12.3 Å². The Morgan fingerprint density at radius 3 is 2.70 bits per heavy atom. The van der Waals surface area contributed by atoms with Crippen molar-refractivity contribution in [2.75, 3.05) is 19.0 Å². The maximum Gasteiger partial charge on any atom is 0.244 e. The minimum Gasteiger partial charge on any atom is -0.507 e. The molecule has 0 radical (unpaired) electrons. The van der Waals surface area contributed by atoms with E-state index in [4.69, 9.17) is 4.74 Å². The van der Waals surface area contributed by atoms with Crippen molar-refractivity contribution in [3.63, 3.8) is 0 Å². The van der Waals surface area contributed by atoms with E-state index in [0.717, 1.165) is 0 Å². The Morgan fingerprint density at radius 2 is 2.09 bits per heavy atom. The van der Waals surface area contributed by atoms with Gasteiger partial charge in [0.1, 0.15) is 10.6 Å². The summed E-state index contributed by atoms with van der Waals surface area (Å²) in [5.41, 5.74) is 0.316. The number of carbonyl (C=O) groups excluding carboxylic acids is 1. The molecule has 2 rings (SSSR count). The van der Waals surface area contributed by atoms with Gasteiger partial charge in [-0.2, -0.15) is 0 Å². The van der Waals surface area contributed by atoms with Crippen LogP contribution in [0.3, 0.4) is 0 Å². The first-order chi connectivity index (χ1) is 10.8. The normalized spacial score (nSPS) is 21.6. The number of amides is 1. The van der Waals surface area contributed by atoms with Gasteiger partial charge < -0.3 is 15.2 Å². The fraction of sp³-hybridized carbons (Fsp3) is 0.533. The molecule has 7 nitrogen and oxygen atoms in total. The number of sulfonamides is 1. The van der Waals surface area contributed by atoms with Gasteiger partial charge in [-0.15, -0.1) is 0 Å². The summed E-state index contributed by atoms with van der Waals surface area (Å²) in [6.07, 6.45) is 0.488. The molecule has 8 heteroatoms. The maximum absolute atomic E-state index is 12.4. The molecule has 1 aliphatic rings. The van der Waals surface area contributed by atoms with Crippen molar-refractivity contribution in [3.05, 3.63) is 18.2 Å². The molecule has 23 heavy (non-hydrogen) atoms. The zero-order chi connectivity index (χ0) is 17.2. The van der Waals surface area contributed by atoms with E-state index in [-0.39, 0.29) is 34.5 Å². The SMILES string of the molecule is CNS(=O)(=O)c1cc(NC(=O)[C@@H]2CCO[C@@H]2C(C)C)ccc1O. The minimum atomic E-state index is -3.81. The van der Waals surface area contributed by atoms with Crippen LogP contribution in [0.25, 0.3) is 0 Å². The van der Waals surface area contributed by atoms with Gasteiger partial charge in [-0.3, -0.25) is 4.79 Å². The van der Waals surface area contributed by atoms with E-state index in [2.05, 4.69) is 10.0 Å². The molecule has 2 atom stereocenters. The highest BCUT2D eigenvalue weighted by atomic mass is 32.2. The van der Waals surface area contributed by atoms with E-state index in [1.165, 1.54) is 25.2 Å². The molecule has 1 amide bonds. The van der Waals surface area contributed by atoms with Crippen LogP contribution < -0.4 is 10.0 Å². The van der Waals surface area contributed by atoms with Gasteiger partial charge in [0.15, 0.2) is 0 Å². The van der Waals surface area contributed by atoms with E-state index in [1.54, 1.807) is 0 Å². The quantitative estimate of drug-likeness (QED) is 0.700. The molecular formula is C15H22N2O5S. The van der Waals surface area contributed by atoms with Crippen molar-refractivity contribution in [1.82, 2.24) is 4.72 Å². The number of nitrogens with one attached hydrogen (secondary N) is 2. The average Bonchev–Trinajstić information content (AvgIpc) is 2.99. The van der Waals surface area contributed by atoms with E-state index in [0.29, 0.717) is 18.7 Å². The number of ether oxygens (including phenoxy) is 1. The molecule has 0 aliphatic carbocycles. The molecule has 0 unspecified atom stereocenters. The zero-order valence-electron chi connectivity index (χ0n) is 13.4. The van der Waals surface area contributed by atoms with E-state index >= 15 is 0 Å². The molecule has 0 bridgehead atoms. The average molecular weight is 342 g/mol. The lowest BCUT2D eigenvalue weighted by Crippen LogP contribution is -2.32. The summed E-state index contributed by atoms with van der Waals surface area (Å²) >= 11 is 0.